The lowest BCUT2D eigenvalue weighted by Gasteiger charge is -2.17. The second kappa shape index (κ2) is 18.8. The Morgan fingerprint density at radius 2 is 1.18 bits per heavy atom. The summed E-state index contributed by atoms with van der Waals surface area (Å²) in [6, 6.07) is 14.0. The van der Waals surface area contributed by atoms with Crippen molar-refractivity contribution in [3.05, 3.63) is 48.5 Å². The van der Waals surface area contributed by atoms with Gasteiger partial charge in [0.1, 0.15) is 12.1 Å². The number of nitrogens with two attached hydrogens (primary N) is 2. The highest BCUT2D eigenvalue weighted by Crippen LogP contribution is 2.16. The predicted octanol–water partition coefficient (Wildman–Crippen LogP) is 3.07. The average Bonchev–Trinajstić information content (AvgIpc) is 2.96. The molecule has 0 aliphatic rings. The molecule has 6 heteroatoms. The molecule has 6 N–H and O–H groups in total. The molecule has 2 aromatic carbocycles. The molecule has 2 aromatic rings. The van der Waals surface area contributed by atoms with Crippen LogP contribution in [-0.2, 0) is 9.53 Å². The van der Waals surface area contributed by atoms with Crippen LogP contribution >= 0.6 is 0 Å². The standard InChI is InChI=1S/C34H24N4O2/c1-2-3-4-5-6-7-8-9-10-11-12-13-14-17-28-40-34(39)33(38-32-25-21-30(36)22-26-32)18-15-16-27-37-31-23-19-29(35)20-24-31/h1,19-26,33,37-38H,15-16,18,27,35-36H2. The molecule has 0 amide bonds. The maximum absolute atomic E-state index is 12.7. The zero-order valence-corrected chi connectivity index (χ0v) is 21.6. The Labute approximate surface area is 236 Å². The second-order valence-corrected chi connectivity index (χ2v) is 7.66. The van der Waals surface area contributed by atoms with Crippen LogP contribution in [0.5, 0.6) is 0 Å². The molecule has 0 aliphatic heterocycles. The van der Waals surface area contributed by atoms with Crippen LogP contribution in [0.1, 0.15) is 19.3 Å². The van der Waals surface area contributed by atoms with Gasteiger partial charge >= 0.3 is 5.97 Å². The first kappa shape index (κ1) is 29.8. The van der Waals surface area contributed by atoms with E-state index in [1.807, 2.05) is 24.3 Å². The Balaban J connectivity index is 1.87. The monoisotopic (exact) mass is 520 g/mol. The molecule has 0 radical (unpaired) electrons. The molecule has 0 saturated heterocycles. The van der Waals surface area contributed by atoms with Crippen molar-refractivity contribution < 1.29 is 9.53 Å². The van der Waals surface area contributed by atoms with E-state index in [9.17, 15) is 4.79 Å². The van der Waals surface area contributed by atoms with E-state index in [2.05, 4.69) is 99.6 Å². The summed E-state index contributed by atoms with van der Waals surface area (Å²) in [4.78, 5) is 12.7. The molecule has 0 fully saturated rings. The third kappa shape index (κ3) is 13.6. The zero-order valence-electron chi connectivity index (χ0n) is 21.6. The molecule has 0 aliphatic carbocycles. The number of terminal acetylenes is 1. The molecule has 0 bridgehead atoms. The van der Waals surface area contributed by atoms with Gasteiger partial charge in [0.25, 0.3) is 0 Å². The lowest BCUT2D eigenvalue weighted by atomic mass is 10.1. The number of nitrogen functional groups attached to an aromatic ring is 2. The number of ether oxygens (including phenoxy) is 1. The number of carbonyl (C=O) groups excluding carboxylic acids is 1. The fraction of sp³-hybridized carbons (Fsp3) is 0.147. The summed E-state index contributed by atoms with van der Waals surface area (Å²) < 4.78 is 5.10. The summed E-state index contributed by atoms with van der Waals surface area (Å²) in [5.74, 6) is 33.6. The molecule has 0 saturated carbocycles. The van der Waals surface area contributed by atoms with Crippen LogP contribution in [0.4, 0.5) is 22.7 Å². The van der Waals surface area contributed by atoms with E-state index in [-0.39, 0.29) is 0 Å². The van der Waals surface area contributed by atoms with Gasteiger partial charge in [-0.25, -0.2) is 4.79 Å². The zero-order chi connectivity index (χ0) is 28.7. The molecular weight excluding hydrogens is 496 g/mol. The summed E-state index contributed by atoms with van der Waals surface area (Å²) in [5.41, 5.74) is 14.5. The quantitative estimate of drug-likeness (QED) is 0.176. The first-order valence-electron chi connectivity index (χ1n) is 12.0. The average molecular weight is 521 g/mol. The van der Waals surface area contributed by atoms with E-state index in [0.29, 0.717) is 17.8 Å². The molecule has 192 valence electrons. The Hall–Kier alpha value is -6.41. The van der Waals surface area contributed by atoms with Crippen molar-refractivity contribution >= 4 is 28.7 Å². The molecule has 6 nitrogen and oxygen atoms in total. The summed E-state index contributed by atoms with van der Waals surface area (Å²) in [6.07, 6.45) is 9.41. The van der Waals surface area contributed by atoms with Crippen molar-refractivity contribution in [1.82, 2.24) is 0 Å². The lowest BCUT2D eigenvalue weighted by Crippen LogP contribution is -2.30. The maximum Gasteiger partial charge on any atom is 0.342 e. The van der Waals surface area contributed by atoms with Crippen molar-refractivity contribution in [2.75, 3.05) is 28.6 Å². The number of esters is 1. The molecule has 1 atom stereocenters. The Morgan fingerprint density at radius 1 is 0.700 bits per heavy atom. The van der Waals surface area contributed by atoms with Crippen LogP contribution < -0.4 is 22.1 Å². The number of hydrogen-bond acceptors (Lipinski definition) is 6. The van der Waals surface area contributed by atoms with Gasteiger partial charge in [-0.15, -0.1) is 6.42 Å². The molecule has 2 rings (SSSR count). The van der Waals surface area contributed by atoms with Crippen LogP contribution in [-0.4, -0.2) is 18.6 Å². The predicted molar refractivity (Wildman–Crippen MR) is 161 cm³/mol. The van der Waals surface area contributed by atoms with Gasteiger partial charge in [0.2, 0.25) is 0 Å². The Kier molecular flexibility index (Phi) is 14.0. The Morgan fingerprint density at radius 3 is 1.70 bits per heavy atom. The minimum atomic E-state index is -0.604. The number of anilines is 4. The van der Waals surface area contributed by atoms with E-state index in [4.69, 9.17) is 22.6 Å². The first-order chi connectivity index (χ1) is 19.6. The van der Waals surface area contributed by atoms with Crippen molar-refractivity contribution in [3.8, 4) is 95.4 Å². The number of benzene rings is 2. The highest BCUT2D eigenvalue weighted by Gasteiger charge is 2.19. The third-order valence-corrected chi connectivity index (χ3v) is 4.72. The van der Waals surface area contributed by atoms with E-state index in [1.165, 1.54) is 0 Å². The van der Waals surface area contributed by atoms with Gasteiger partial charge < -0.3 is 26.8 Å². The number of rotatable bonds is 9. The third-order valence-electron chi connectivity index (χ3n) is 4.72. The van der Waals surface area contributed by atoms with Gasteiger partial charge in [-0.2, -0.15) is 0 Å². The van der Waals surface area contributed by atoms with E-state index >= 15 is 0 Å². The summed E-state index contributed by atoms with van der Waals surface area (Å²) >= 11 is 0. The number of hydrogen-bond donors (Lipinski definition) is 4. The summed E-state index contributed by atoms with van der Waals surface area (Å²) in [5, 5.41) is 6.51. The molecule has 0 aromatic heterocycles. The lowest BCUT2D eigenvalue weighted by molar-refractivity contribution is -0.137. The largest absolute Gasteiger partial charge is 0.399 e. The maximum atomic E-state index is 12.7. The van der Waals surface area contributed by atoms with Gasteiger partial charge in [0, 0.05) is 70.7 Å². The van der Waals surface area contributed by atoms with E-state index in [0.717, 1.165) is 30.8 Å². The highest BCUT2D eigenvalue weighted by atomic mass is 16.5. The molecule has 0 spiro atoms. The minimum Gasteiger partial charge on any atom is -0.399 e. The van der Waals surface area contributed by atoms with Gasteiger partial charge in [-0.05, 0) is 109 Å². The van der Waals surface area contributed by atoms with Gasteiger partial charge in [-0.1, -0.05) is 0 Å². The van der Waals surface area contributed by atoms with Crippen molar-refractivity contribution in [2.45, 2.75) is 25.3 Å². The SMILES string of the molecule is C#CC#CC#CC#CC#CC#CC#CC#COC(=O)C(CCCCNc1ccc(N)cc1)Nc1ccc(N)cc1. The van der Waals surface area contributed by atoms with Crippen LogP contribution in [0.25, 0.3) is 0 Å². The fourth-order valence-electron chi connectivity index (χ4n) is 2.89. The smallest absolute Gasteiger partial charge is 0.342 e. The van der Waals surface area contributed by atoms with Crippen molar-refractivity contribution in [3.63, 3.8) is 0 Å². The summed E-state index contributed by atoms with van der Waals surface area (Å²) in [7, 11) is 0. The summed E-state index contributed by atoms with van der Waals surface area (Å²) in [6.45, 7) is 0.747. The first-order valence-corrected chi connectivity index (χ1v) is 12.0. The topological polar surface area (TPSA) is 102 Å². The normalized spacial score (nSPS) is 8.68. The van der Waals surface area contributed by atoms with Crippen molar-refractivity contribution in [1.29, 1.82) is 0 Å². The number of nitrogens with one attached hydrogen (secondary N) is 2. The van der Waals surface area contributed by atoms with Gasteiger partial charge in [0.15, 0.2) is 0 Å². The molecule has 40 heavy (non-hydrogen) atoms. The van der Waals surface area contributed by atoms with Gasteiger partial charge in [-0.3, -0.25) is 0 Å². The molecule has 1 unspecified atom stereocenters. The van der Waals surface area contributed by atoms with E-state index < -0.39 is 12.0 Å². The molecule has 0 heterocycles. The highest BCUT2D eigenvalue weighted by molar-refractivity contribution is 5.80. The van der Waals surface area contributed by atoms with Crippen LogP contribution in [0, 0.1) is 95.4 Å². The van der Waals surface area contributed by atoms with Gasteiger partial charge in [0.05, 0.1) is 0 Å². The van der Waals surface area contributed by atoms with Crippen molar-refractivity contribution in [2.24, 2.45) is 0 Å². The second-order valence-electron chi connectivity index (χ2n) is 7.66. The fourth-order valence-corrected chi connectivity index (χ4v) is 2.89. The number of unbranched alkanes of at least 4 members (excludes halogenated alkanes) is 1. The Bertz CT molecular complexity index is 1650. The van der Waals surface area contributed by atoms with Crippen LogP contribution in [0.2, 0.25) is 0 Å². The molecular formula is C34H24N4O2. The van der Waals surface area contributed by atoms with Crippen LogP contribution in [0.3, 0.4) is 0 Å². The minimum absolute atomic E-state index is 0.512. The van der Waals surface area contributed by atoms with Crippen LogP contribution in [0.15, 0.2) is 48.5 Å². The van der Waals surface area contributed by atoms with E-state index in [1.54, 1.807) is 24.3 Å². The number of carbonyl (C=O) groups is 1.